The minimum Gasteiger partial charge on any atom is -0.342 e. The molecule has 2 heterocycles. The van der Waals surface area contributed by atoms with Crippen molar-refractivity contribution in [3.8, 4) is 0 Å². The number of nitrogens with zero attached hydrogens (tertiary/aromatic N) is 3. The zero-order valence-electron chi connectivity index (χ0n) is 9.39. The molecule has 2 N–H and O–H groups in total. The number of nitrogens with two attached hydrogens (primary N) is 1. The smallest absolute Gasteiger partial charge is 0.205 e. The molecular formula is C11H20N4. The summed E-state index contributed by atoms with van der Waals surface area (Å²) < 4.78 is 2.20. The highest BCUT2D eigenvalue weighted by atomic mass is 15.3. The van der Waals surface area contributed by atoms with Gasteiger partial charge < -0.3 is 15.2 Å². The average Bonchev–Trinajstić information content (AvgIpc) is 2.84. The molecule has 0 spiro atoms. The van der Waals surface area contributed by atoms with Gasteiger partial charge in [0, 0.05) is 32.0 Å². The maximum Gasteiger partial charge on any atom is 0.205 e. The highest BCUT2D eigenvalue weighted by Gasteiger charge is 2.24. The largest absolute Gasteiger partial charge is 0.342 e. The minimum atomic E-state index is 0.761. The fourth-order valence-corrected chi connectivity index (χ4v) is 2.32. The molecule has 15 heavy (non-hydrogen) atoms. The summed E-state index contributed by atoms with van der Waals surface area (Å²) in [7, 11) is 0. The summed E-state index contributed by atoms with van der Waals surface area (Å²) in [5, 5.41) is 0. The Bertz CT molecular complexity index is 307. The van der Waals surface area contributed by atoms with Crippen LogP contribution in [0.3, 0.4) is 0 Å². The Morgan fingerprint density at radius 1 is 1.60 bits per heavy atom. The van der Waals surface area contributed by atoms with Crippen molar-refractivity contribution < 1.29 is 0 Å². The first-order valence-electron chi connectivity index (χ1n) is 5.81. The zero-order valence-corrected chi connectivity index (χ0v) is 9.39. The maximum absolute atomic E-state index is 5.59. The summed E-state index contributed by atoms with van der Waals surface area (Å²) in [6.45, 7) is 6.20. The van der Waals surface area contributed by atoms with Crippen LogP contribution in [0.25, 0.3) is 0 Å². The van der Waals surface area contributed by atoms with Crippen LogP contribution in [0.2, 0.25) is 0 Å². The van der Waals surface area contributed by atoms with E-state index in [0.29, 0.717) is 0 Å². The molecule has 0 amide bonds. The van der Waals surface area contributed by atoms with Gasteiger partial charge in [0.15, 0.2) is 0 Å². The normalized spacial score (nSPS) is 21.2. The van der Waals surface area contributed by atoms with Crippen molar-refractivity contribution in [2.24, 2.45) is 11.7 Å². The van der Waals surface area contributed by atoms with Gasteiger partial charge in [-0.1, -0.05) is 0 Å². The molecular weight excluding hydrogens is 188 g/mol. The van der Waals surface area contributed by atoms with E-state index in [2.05, 4.69) is 21.4 Å². The Labute approximate surface area is 91.1 Å². The fraction of sp³-hybridized carbons (Fsp3) is 0.727. The quantitative estimate of drug-likeness (QED) is 0.805. The van der Waals surface area contributed by atoms with Crippen molar-refractivity contribution in [3.63, 3.8) is 0 Å². The lowest BCUT2D eigenvalue weighted by Crippen LogP contribution is -2.23. The number of hydrogen-bond acceptors (Lipinski definition) is 3. The van der Waals surface area contributed by atoms with Crippen molar-refractivity contribution in [1.29, 1.82) is 0 Å². The van der Waals surface area contributed by atoms with Gasteiger partial charge in [0.1, 0.15) is 0 Å². The van der Waals surface area contributed by atoms with Crippen LogP contribution in [0, 0.1) is 5.92 Å². The van der Waals surface area contributed by atoms with Crippen LogP contribution >= 0.6 is 0 Å². The molecule has 2 rings (SSSR count). The Morgan fingerprint density at radius 2 is 2.47 bits per heavy atom. The van der Waals surface area contributed by atoms with Gasteiger partial charge in [-0.25, -0.2) is 4.98 Å². The molecule has 1 aromatic rings. The van der Waals surface area contributed by atoms with Gasteiger partial charge in [-0.05, 0) is 32.2 Å². The van der Waals surface area contributed by atoms with Gasteiger partial charge >= 0.3 is 0 Å². The topological polar surface area (TPSA) is 47.1 Å². The van der Waals surface area contributed by atoms with Gasteiger partial charge in [-0.2, -0.15) is 0 Å². The minimum absolute atomic E-state index is 0.761. The maximum atomic E-state index is 5.59. The van der Waals surface area contributed by atoms with Crippen molar-refractivity contribution in [1.82, 2.24) is 9.55 Å². The van der Waals surface area contributed by atoms with Crippen molar-refractivity contribution >= 4 is 5.95 Å². The molecule has 1 aliphatic rings. The number of anilines is 1. The molecule has 1 fully saturated rings. The van der Waals surface area contributed by atoms with Crippen LogP contribution < -0.4 is 10.6 Å². The molecule has 0 aromatic carbocycles. The number of rotatable bonds is 4. The highest BCUT2D eigenvalue weighted by Crippen LogP contribution is 2.23. The second kappa shape index (κ2) is 4.66. The second-order valence-corrected chi connectivity index (χ2v) is 4.19. The average molecular weight is 208 g/mol. The molecule has 0 saturated carbocycles. The summed E-state index contributed by atoms with van der Waals surface area (Å²) in [5.74, 6) is 1.88. The van der Waals surface area contributed by atoms with E-state index >= 15 is 0 Å². The van der Waals surface area contributed by atoms with Gasteiger partial charge in [0.25, 0.3) is 0 Å². The van der Waals surface area contributed by atoms with E-state index < -0.39 is 0 Å². The number of aromatic nitrogens is 2. The molecule has 4 heteroatoms. The second-order valence-electron chi connectivity index (χ2n) is 4.19. The monoisotopic (exact) mass is 208 g/mol. The third-order valence-corrected chi connectivity index (χ3v) is 3.18. The Kier molecular flexibility index (Phi) is 3.26. The molecule has 4 nitrogen and oxygen atoms in total. The summed E-state index contributed by atoms with van der Waals surface area (Å²) in [6, 6.07) is 0. The van der Waals surface area contributed by atoms with Crippen molar-refractivity contribution in [2.75, 3.05) is 24.5 Å². The van der Waals surface area contributed by atoms with Gasteiger partial charge in [-0.3, -0.25) is 0 Å². The molecule has 1 aromatic heterocycles. The molecule has 1 unspecified atom stereocenters. The van der Waals surface area contributed by atoms with E-state index in [4.69, 9.17) is 5.73 Å². The van der Waals surface area contributed by atoms with E-state index in [9.17, 15) is 0 Å². The molecule has 1 aliphatic heterocycles. The number of imidazole rings is 1. The van der Waals surface area contributed by atoms with E-state index in [1.165, 1.54) is 6.42 Å². The van der Waals surface area contributed by atoms with E-state index in [-0.39, 0.29) is 0 Å². The van der Waals surface area contributed by atoms with Crippen molar-refractivity contribution in [2.45, 2.75) is 26.3 Å². The lowest BCUT2D eigenvalue weighted by Gasteiger charge is -2.18. The van der Waals surface area contributed by atoms with Crippen LogP contribution in [0.4, 0.5) is 5.95 Å². The molecule has 1 saturated heterocycles. The SMILES string of the molecule is CCn1ccnc1N1CCC(CCN)C1. The molecule has 0 aliphatic carbocycles. The molecule has 0 radical (unpaired) electrons. The van der Waals surface area contributed by atoms with Crippen LogP contribution in [0.1, 0.15) is 19.8 Å². The zero-order chi connectivity index (χ0) is 10.7. The predicted octanol–water partition coefficient (Wildman–Crippen LogP) is 1.08. The van der Waals surface area contributed by atoms with E-state index in [1.807, 2.05) is 12.4 Å². The summed E-state index contributed by atoms with van der Waals surface area (Å²) in [5.41, 5.74) is 5.59. The number of hydrogen-bond donors (Lipinski definition) is 1. The molecule has 0 bridgehead atoms. The van der Waals surface area contributed by atoms with Crippen LogP contribution in [0.15, 0.2) is 12.4 Å². The number of aryl methyl sites for hydroxylation is 1. The van der Waals surface area contributed by atoms with Crippen LogP contribution in [-0.4, -0.2) is 29.2 Å². The van der Waals surface area contributed by atoms with Gasteiger partial charge in [-0.15, -0.1) is 0 Å². The van der Waals surface area contributed by atoms with E-state index in [1.54, 1.807) is 0 Å². The first kappa shape index (κ1) is 10.5. The first-order chi connectivity index (χ1) is 7.35. The lowest BCUT2D eigenvalue weighted by molar-refractivity contribution is 0.545. The summed E-state index contributed by atoms with van der Waals surface area (Å²) in [4.78, 5) is 6.80. The molecule has 84 valence electrons. The summed E-state index contributed by atoms with van der Waals surface area (Å²) >= 11 is 0. The van der Waals surface area contributed by atoms with E-state index in [0.717, 1.165) is 44.5 Å². The Morgan fingerprint density at radius 3 is 3.20 bits per heavy atom. The Balaban J connectivity index is 2.01. The predicted molar refractivity (Wildman–Crippen MR) is 61.9 cm³/mol. The Hall–Kier alpha value is -1.03. The highest BCUT2D eigenvalue weighted by molar-refractivity contribution is 5.32. The van der Waals surface area contributed by atoms with Crippen LogP contribution in [0.5, 0.6) is 0 Å². The van der Waals surface area contributed by atoms with Gasteiger partial charge in [0.05, 0.1) is 0 Å². The lowest BCUT2D eigenvalue weighted by atomic mass is 10.1. The first-order valence-corrected chi connectivity index (χ1v) is 5.81. The van der Waals surface area contributed by atoms with Crippen molar-refractivity contribution in [3.05, 3.63) is 12.4 Å². The standard InChI is InChI=1S/C11H20N4/c1-2-14-8-6-13-11(14)15-7-4-10(9-15)3-5-12/h6,8,10H,2-5,7,9,12H2,1H3. The van der Waals surface area contributed by atoms with Gasteiger partial charge in [0.2, 0.25) is 5.95 Å². The van der Waals surface area contributed by atoms with Crippen LogP contribution in [-0.2, 0) is 6.54 Å². The third kappa shape index (κ3) is 2.15. The fourth-order valence-electron chi connectivity index (χ4n) is 2.32. The summed E-state index contributed by atoms with van der Waals surface area (Å²) in [6.07, 6.45) is 6.33. The third-order valence-electron chi connectivity index (χ3n) is 3.18. The molecule has 1 atom stereocenters.